The lowest BCUT2D eigenvalue weighted by atomic mass is 9.95. The van der Waals surface area contributed by atoms with Crippen molar-refractivity contribution in [1.82, 2.24) is 14.5 Å². The van der Waals surface area contributed by atoms with Crippen LogP contribution in [0.4, 0.5) is 5.95 Å². The van der Waals surface area contributed by atoms with Crippen LogP contribution in [0.25, 0.3) is 11.3 Å². The van der Waals surface area contributed by atoms with Crippen LogP contribution < -0.4 is 10.5 Å². The minimum Gasteiger partial charge on any atom is -0.387 e. The van der Waals surface area contributed by atoms with Gasteiger partial charge >= 0.3 is 0 Å². The molecule has 150 valence electrons. The fourth-order valence-electron chi connectivity index (χ4n) is 3.66. The van der Waals surface area contributed by atoms with Crippen molar-refractivity contribution < 1.29 is 5.11 Å². The molecule has 6 nitrogen and oxygen atoms in total. The third kappa shape index (κ3) is 3.91. The molecule has 7 heteroatoms. The van der Waals surface area contributed by atoms with Crippen molar-refractivity contribution in [2.24, 2.45) is 0 Å². The standard InChI is InChI=1S/C22H23ClN4O2/c1-22(2)9-12-26-20(29)13-18(15-7-10-24-11-8-15)25-21(26)27(22)14-19(28)16-3-5-17(23)6-4-16/h3-8,10-11,13,19,28H,9,12,14H2,1-2H3/t19-/m0/s1. The summed E-state index contributed by atoms with van der Waals surface area (Å²) in [4.78, 5) is 23.7. The molecule has 0 saturated carbocycles. The van der Waals surface area contributed by atoms with Gasteiger partial charge in [0, 0.05) is 41.1 Å². The van der Waals surface area contributed by atoms with E-state index in [0.717, 1.165) is 17.5 Å². The van der Waals surface area contributed by atoms with Gasteiger partial charge in [-0.3, -0.25) is 14.3 Å². The SMILES string of the molecule is CC1(C)CCn2c(nc(-c3ccncc3)cc2=O)N1C[C@H](O)c1ccc(Cl)cc1. The first-order valence-electron chi connectivity index (χ1n) is 9.59. The van der Waals surface area contributed by atoms with Crippen LogP contribution in [0.3, 0.4) is 0 Å². The third-order valence-electron chi connectivity index (χ3n) is 5.49. The Morgan fingerprint density at radius 1 is 1.17 bits per heavy atom. The smallest absolute Gasteiger partial charge is 0.255 e. The van der Waals surface area contributed by atoms with Crippen LogP contribution in [0.2, 0.25) is 5.02 Å². The molecule has 0 aliphatic carbocycles. The van der Waals surface area contributed by atoms with Crippen molar-refractivity contribution in [3.8, 4) is 11.3 Å². The number of nitrogens with zero attached hydrogens (tertiary/aromatic N) is 4. The molecule has 1 N–H and O–H groups in total. The van der Waals surface area contributed by atoms with Gasteiger partial charge in [-0.1, -0.05) is 23.7 Å². The van der Waals surface area contributed by atoms with Crippen molar-refractivity contribution in [1.29, 1.82) is 0 Å². The fourth-order valence-corrected chi connectivity index (χ4v) is 3.79. The van der Waals surface area contributed by atoms with E-state index in [1.807, 2.05) is 29.2 Å². The quantitative estimate of drug-likeness (QED) is 0.710. The fraction of sp³-hybridized carbons (Fsp3) is 0.318. The molecule has 0 unspecified atom stereocenters. The Labute approximate surface area is 174 Å². The summed E-state index contributed by atoms with van der Waals surface area (Å²) in [7, 11) is 0. The lowest BCUT2D eigenvalue weighted by molar-refractivity contribution is 0.169. The summed E-state index contributed by atoms with van der Waals surface area (Å²) in [5.41, 5.74) is 1.86. The number of rotatable bonds is 4. The number of pyridine rings is 1. The molecule has 1 aliphatic rings. The predicted molar refractivity (Wildman–Crippen MR) is 114 cm³/mol. The van der Waals surface area contributed by atoms with Crippen molar-refractivity contribution in [2.45, 2.75) is 38.5 Å². The largest absolute Gasteiger partial charge is 0.387 e. The minimum absolute atomic E-state index is 0.0942. The lowest BCUT2D eigenvalue weighted by Crippen LogP contribution is -2.53. The number of benzene rings is 1. The highest BCUT2D eigenvalue weighted by molar-refractivity contribution is 6.30. The number of anilines is 1. The van der Waals surface area contributed by atoms with E-state index in [-0.39, 0.29) is 11.1 Å². The molecule has 1 aliphatic heterocycles. The van der Waals surface area contributed by atoms with Gasteiger partial charge in [-0.2, -0.15) is 0 Å². The molecular formula is C22H23ClN4O2. The number of aliphatic hydroxyl groups excluding tert-OH is 1. The Bertz CT molecular complexity index is 1060. The zero-order chi connectivity index (χ0) is 20.6. The van der Waals surface area contributed by atoms with Crippen LogP contribution >= 0.6 is 11.6 Å². The average Bonchev–Trinajstić information content (AvgIpc) is 2.71. The summed E-state index contributed by atoms with van der Waals surface area (Å²) in [5.74, 6) is 0.577. The van der Waals surface area contributed by atoms with Gasteiger partial charge in [0.25, 0.3) is 5.56 Å². The van der Waals surface area contributed by atoms with Gasteiger partial charge in [0.2, 0.25) is 5.95 Å². The number of β-amino-alcohol motifs (C(OH)–C–C–N with tert-alkyl or cyclic N) is 1. The highest BCUT2D eigenvalue weighted by Crippen LogP contribution is 2.33. The highest BCUT2D eigenvalue weighted by Gasteiger charge is 2.36. The number of halogens is 1. The second-order valence-electron chi connectivity index (χ2n) is 7.91. The normalized spacial score (nSPS) is 16.3. The summed E-state index contributed by atoms with van der Waals surface area (Å²) in [6, 6.07) is 12.4. The number of fused-ring (bicyclic) bond motifs is 1. The molecular weight excluding hydrogens is 388 g/mol. The molecule has 3 heterocycles. The topological polar surface area (TPSA) is 71.2 Å². The van der Waals surface area contributed by atoms with Gasteiger partial charge in [-0.05, 0) is 50.1 Å². The Morgan fingerprint density at radius 2 is 1.86 bits per heavy atom. The van der Waals surface area contributed by atoms with E-state index in [9.17, 15) is 9.90 Å². The Kier molecular flexibility index (Phi) is 5.15. The van der Waals surface area contributed by atoms with Crippen molar-refractivity contribution >= 4 is 17.5 Å². The monoisotopic (exact) mass is 410 g/mol. The van der Waals surface area contributed by atoms with Crippen LogP contribution in [-0.4, -0.2) is 31.7 Å². The molecule has 0 spiro atoms. The summed E-state index contributed by atoms with van der Waals surface area (Å²) in [6.45, 7) is 5.13. The third-order valence-corrected chi connectivity index (χ3v) is 5.75. The molecule has 4 rings (SSSR count). The molecule has 2 aromatic heterocycles. The second kappa shape index (κ2) is 7.61. The summed E-state index contributed by atoms with van der Waals surface area (Å²) < 4.78 is 1.69. The van der Waals surface area contributed by atoms with E-state index in [0.29, 0.717) is 29.8 Å². The van der Waals surface area contributed by atoms with Crippen molar-refractivity contribution in [3.05, 3.63) is 75.8 Å². The molecule has 1 aromatic carbocycles. The van der Waals surface area contributed by atoms with E-state index in [2.05, 4.69) is 18.8 Å². The average molecular weight is 411 g/mol. The Balaban J connectivity index is 1.75. The molecule has 0 radical (unpaired) electrons. The number of aromatic nitrogens is 3. The van der Waals surface area contributed by atoms with Crippen molar-refractivity contribution in [2.75, 3.05) is 11.4 Å². The molecule has 29 heavy (non-hydrogen) atoms. The zero-order valence-electron chi connectivity index (χ0n) is 16.4. The lowest BCUT2D eigenvalue weighted by Gasteiger charge is -2.45. The first-order chi connectivity index (χ1) is 13.8. The summed E-state index contributed by atoms with van der Waals surface area (Å²) in [5, 5.41) is 11.5. The highest BCUT2D eigenvalue weighted by atomic mass is 35.5. The van der Waals surface area contributed by atoms with Crippen LogP contribution in [0.1, 0.15) is 31.9 Å². The van der Waals surface area contributed by atoms with Gasteiger partial charge in [0.15, 0.2) is 0 Å². The minimum atomic E-state index is -0.737. The van der Waals surface area contributed by atoms with E-state index >= 15 is 0 Å². The van der Waals surface area contributed by atoms with E-state index in [1.54, 1.807) is 35.2 Å². The molecule has 3 aromatic rings. The first kappa shape index (κ1) is 19.6. The summed E-state index contributed by atoms with van der Waals surface area (Å²) in [6.07, 6.45) is 3.41. The molecule has 0 amide bonds. The maximum atomic E-state index is 12.8. The second-order valence-corrected chi connectivity index (χ2v) is 8.34. The number of aliphatic hydroxyl groups is 1. The van der Waals surface area contributed by atoms with Gasteiger partial charge in [0.1, 0.15) is 0 Å². The molecule has 0 saturated heterocycles. The van der Waals surface area contributed by atoms with Gasteiger partial charge in [-0.25, -0.2) is 4.98 Å². The van der Waals surface area contributed by atoms with Crippen LogP contribution in [0.15, 0.2) is 59.7 Å². The van der Waals surface area contributed by atoms with Gasteiger partial charge < -0.3 is 10.0 Å². The molecule has 0 bridgehead atoms. The van der Waals surface area contributed by atoms with E-state index < -0.39 is 6.10 Å². The van der Waals surface area contributed by atoms with Crippen LogP contribution in [-0.2, 0) is 6.54 Å². The van der Waals surface area contributed by atoms with E-state index in [4.69, 9.17) is 16.6 Å². The number of hydrogen-bond acceptors (Lipinski definition) is 5. The van der Waals surface area contributed by atoms with Gasteiger partial charge in [0.05, 0.1) is 18.3 Å². The molecule has 1 atom stereocenters. The maximum Gasteiger partial charge on any atom is 0.255 e. The van der Waals surface area contributed by atoms with E-state index in [1.165, 1.54) is 0 Å². The maximum absolute atomic E-state index is 12.8. The predicted octanol–water partition coefficient (Wildman–Crippen LogP) is 3.68. The molecule has 0 fully saturated rings. The van der Waals surface area contributed by atoms with Crippen molar-refractivity contribution in [3.63, 3.8) is 0 Å². The van der Waals surface area contributed by atoms with Gasteiger partial charge in [-0.15, -0.1) is 0 Å². The number of hydrogen-bond donors (Lipinski definition) is 1. The van der Waals surface area contributed by atoms with Crippen LogP contribution in [0.5, 0.6) is 0 Å². The zero-order valence-corrected chi connectivity index (χ0v) is 17.2. The van der Waals surface area contributed by atoms with Crippen LogP contribution in [0, 0.1) is 0 Å². The Hall–Kier alpha value is -2.70. The first-order valence-corrected chi connectivity index (χ1v) is 9.96. The summed E-state index contributed by atoms with van der Waals surface area (Å²) >= 11 is 5.97. The Morgan fingerprint density at radius 3 is 2.55 bits per heavy atom.